The van der Waals surface area contributed by atoms with E-state index in [9.17, 15) is 0 Å². The van der Waals surface area contributed by atoms with Crippen molar-refractivity contribution in [2.75, 3.05) is 13.7 Å². The molecule has 0 unspecified atom stereocenters. The average Bonchev–Trinajstić information content (AvgIpc) is 2.54. The Morgan fingerprint density at radius 3 is 2.78 bits per heavy atom. The molecular formula is C19H18BrNO2. The normalized spacial score (nSPS) is 10.6. The molecule has 0 aliphatic rings. The number of aliphatic imine (C=N–C) groups is 1. The lowest BCUT2D eigenvalue weighted by molar-refractivity contribution is 0.329. The van der Waals surface area contributed by atoms with Gasteiger partial charge >= 0.3 is 0 Å². The van der Waals surface area contributed by atoms with Crippen molar-refractivity contribution in [3.05, 3.63) is 51.5 Å². The Labute approximate surface area is 145 Å². The molecule has 0 aromatic heterocycles. The second kappa shape index (κ2) is 7.85. The number of ether oxygens (including phenoxy) is 2. The fraction of sp³-hybridized carbons (Fsp3) is 0.211. The molecule has 0 saturated heterocycles. The van der Waals surface area contributed by atoms with Crippen LogP contribution in [-0.4, -0.2) is 19.9 Å². The van der Waals surface area contributed by atoms with E-state index < -0.39 is 0 Å². The average molecular weight is 372 g/mol. The first-order valence-electron chi connectivity index (χ1n) is 7.11. The number of benzene rings is 2. The van der Waals surface area contributed by atoms with Gasteiger partial charge in [-0.2, -0.15) is 0 Å². The SMILES string of the molecule is C#CCOc1c(Br)cc(C=Nc2cccc(C)c2C)cc1OC. The minimum Gasteiger partial charge on any atom is -0.493 e. The van der Waals surface area contributed by atoms with Gasteiger partial charge in [0.1, 0.15) is 6.61 Å². The Hall–Kier alpha value is -2.25. The minimum atomic E-state index is 0.185. The molecule has 0 radical (unpaired) electrons. The predicted octanol–water partition coefficient (Wildman–Crippen LogP) is 4.84. The number of aryl methyl sites for hydroxylation is 1. The molecule has 0 bridgehead atoms. The van der Waals surface area contributed by atoms with Gasteiger partial charge in [-0.25, -0.2) is 0 Å². The van der Waals surface area contributed by atoms with E-state index >= 15 is 0 Å². The van der Waals surface area contributed by atoms with Crippen molar-refractivity contribution in [1.29, 1.82) is 0 Å². The Bertz CT molecular complexity index is 776. The van der Waals surface area contributed by atoms with E-state index in [1.165, 1.54) is 11.1 Å². The third-order valence-corrected chi connectivity index (χ3v) is 4.07. The van der Waals surface area contributed by atoms with Crippen LogP contribution in [0.1, 0.15) is 16.7 Å². The standard InChI is InChI=1S/C19H18BrNO2/c1-5-9-23-19-16(20)10-15(11-18(19)22-4)12-21-17-8-6-7-13(2)14(17)3/h1,6-8,10-12H,9H2,2-4H3. The molecule has 0 N–H and O–H groups in total. The second-order valence-electron chi connectivity index (χ2n) is 5.00. The van der Waals surface area contributed by atoms with E-state index in [4.69, 9.17) is 15.9 Å². The summed E-state index contributed by atoms with van der Waals surface area (Å²) in [6, 6.07) is 9.86. The van der Waals surface area contributed by atoms with Gasteiger partial charge in [-0.05, 0) is 64.7 Å². The first-order valence-corrected chi connectivity index (χ1v) is 7.90. The van der Waals surface area contributed by atoms with Crippen molar-refractivity contribution in [2.24, 2.45) is 4.99 Å². The fourth-order valence-corrected chi connectivity index (χ4v) is 2.66. The highest BCUT2D eigenvalue weighted by Gasteiger charge is 2.10. The molecule has 3 nitrogen and oxygen atoms in total. The number of methoxy groups -OCH3 is 1. The fourth-order valence-electron chi connectivity index (χ4n) is 2.09. The summed E-state index contributed by atoms with van der Waals surface area (Å²) in [5.41, 5.74) is 4.25. The van der Waals surface area contributed by atoms with Crippen LogP contribution in [0, 0.1) is 26.2 Å². The molecule has 0 saturated carbocycles. The van der Waals surface area contributed by atoms with Gasteiger partial charge in [0.2, 0.25) is 0 Å². The highest BCUT2D eigenvalue weighted by atomic mass is 79.9. The first-order chi connectivity index (χ1) is 11.1. The Kier molecular flexibility index (Phi) is 5.84. The molecule has 0 atom stereocenters. The predicted molar refractivity (Wildman–Crippen MR) is 98.2 cm³/mol. The van der Waals surface area contributed by atoms with Crippen LogP contribution in [0.2, 0.25) is 0 Å². The number of terminal acetylenes is 1. The largest absolute Gasteiger partial charge is 0.493 e. The minimum absolute atomic E-state index is 0.185. The molecule has 4 heteroatoms. The Morgan fingerprint density at radius 1 is 1.30 bits per heavy atom. The van der Waals surface area contributed by atoms with E-state index in [0.717, 1.165) is 15.7 Å². The summed E-state index contributed by atoms with van der Waals surface area (Å²) < 4.78 is 11.7. The van der Waals surface area contributed by atoms with E-state index in [0.29, 0.717) is 11.5 Å². The van der Waals surface area contributed by atoms with E-state index in [1.54, 1.807) is 13.3 Å². The molecule has 0 heterocycles. The third-order valence-electron chi connectivity index (χ3n) is 3.48. The summed E-state index contributed by atoms with van der Waals surface area (Å²) in [5.74, 6) is 3.64. The van der Waals surface area contributed by atoms with Crippen molar-refractivity contribution < 1.29 is 9.47 Å². The van der Waals surface area contributed by atoms with Gasteiger partial charge in [0.05, 0.1) is 17.3 Å². The lowest BCUT2D eigenvalue weighted by atomic mass is 10.1. The molecule has 0 amide bonds. The summed E-state index contributed by atoms with van der Waals surface area (Å²) in [5, 5.41) is 0. The van der Waals surface area contributed by atoms with Crippen LogP contribution >= 0.6 is 15.9 Å². The number of hydrogen-bond acceptors (Lipinski definition) is 3. The molecule has 2 rings (SSSR count). The van der Waals surface area contributed by atoms with Crippen molar-refractivity contribution in [2.45, 2.75) is 13.8 Å². The maximum absolute atomic E-state index is 5.51. The van der Waals surface area contributed by atoms with Gasteiger partial charge in [0.15, 0.2) is 11.5 Å². The number of rotatable bonds is 5. The monoisotopic (exact) mass is 371 g/mol. The summed E-state index contributed by atoms with van der Waals surface area (Å²) in [6.07, 6.45) is 7.04. The highest BCUT2D eigenvalue weighted by Crippen LogP contribution is 2.36. The third kappa shape index (κ3) is 4.14. The zero-order valence-corrected chi connectivity index (χ0v) is 15.0. The number of nitrogens with zero attached hydrogens (tertiary/aromatic N) is 1. The zero-order chi connectivity index (χ0) is 16.8. The lowest BCUT2D eigenvalue weighted by Gasteiger charge is -2.11. The highest BCUT2D eigenvalue weighted by molar-refractivity contribution is 9.10. The Morgan fingerprint density at radius 2 is 2.09 bits per heavy atom. The van der Waals surface area contributed by atoms with Crippen molar-refractivity contribution in [1.82, 2.24) is 0 Å². The molecule has 0 fully saturated rings. The summed E-state index contributed by atoms with van der Waals surface area (Å²) in [6.45, 7) is 4.33. The van der Waals surface area contributed by atoms with Crippen LogP contribution in [0.25, 0.3) is 0 Å². The maximum atomic E-state index is 5.51. The summed E-state index contributed by atoms with van der Waals surface area (Å²) >= 11 is 3.49. The molecular weight excluding hydrogens is 354 g/mol. The van der Waals surface area contributed by atoms with Crippen molar-refractivity contribution >= 4 is 27.8 Å². The molecule has 2 aromatic carbocycles. The molecule has 2 aromatic rings. The van der Waals surface area contributed by atoms with Crippen LogP contribution in [0.5, 0.6) is 11.5 Å². The van der Waals surface area contributed by atoms with Gasteiger partial charge in [-0.3, -0.25) is 4.99 Å². The van der Waals surface area contributed by atoms with Crippen LogP contribution in [0.3, 0.4) is 0 Å². The van der Waals surface area contributed by atoms with Gasteiger partial charge in [0.25, 0.3) is 0 Å². The quantitative estimate of drug-likeness (QED) is 0.556. The van der Waals surface area contributed by atoms with Crippen LogP contribution < -0.4 is 9.47 Å². The van der Waals surface area contributed by atoms with Crippen molar-refractivity contribution in [3.63, 3.8) is 0 Å². The van der Waals surface area contributed by atoms with Crippen LogP contribution in [-0.2, 0) is 0 Å². The molecule has 0 aliphatic carbocycles. The zero-order valence-electron chi connectivity index (χ0n) is 13.4. The van der Waals surface area contributed by atoms with Crippen LogP contribution in [0.4, 0.5) is 5.69 Å². The van der Waals surface area contributed by atoms with Gasteiger partial charge in [-0.1, -0.05) is 18.1 Å². The summed E-state index contributed by atoms with van der Waals surface area (Å²) in [4.78, 5) is 4.57. The molecule has 0 aliphatic heterocycles. The molecule has 118 valence electrons. The van der Waals surface area contributed by atoms with E-state index in [2.05, 4.69) is 46.8 Å². The maximum Gasteiger partial charge on any atom is 0.176 e. The summed E-state index contributed by atoms with van der Waals surface area (Å²) in [7, 11) is 1.59. The topological polar surface area (TPSA) is 30.8 Å². The van der Waals surface area contributed by atoms with E-state index in [1.807, 2.05) is 24.3 Å². The number of halogens is 1. The van der Waals surface area contributed by atoms with E-state index in [-0.39, 0.29) is 6.61 Å². The molecule has 23 heavy (non-hydrogen) atoms. The first kappa shape index (κ1) is 17.1. The number of hydrogen-bond donors (Lipinski definition) is 0. The smallest absolute Gasteiger partial charge is 0.176 e. The van der Waals surface area contributed by atoms with Gasteiger partial charge in [0, 0.05) is 6.21 Å². The Balaban J connectivity index is 2.34. The second-order valence-corrected chi connectivity index (χ2v) is 5.86. The lowest BCUT2D eigenvalue weighted by Crippen LogP contribution is -1.99. The van der Waals surface area contributed by atoms with Gasteiger partial charge in [-0.15, -0.1) is 6.42 Å². The molecule has 0 spiro atoms. The van der Waals surface area contributed by atoms with Crippen molar-refractivity contribution in [3.8, 4) is 23.8 Å². The van der Waals surface area contributed by atoms with Gasteiger partial charge < -0.3 is 9.47 Å². The van der Waals surface area contributed by atoms with Crippen LogP contribution in [0.15, 0.2) is 39.8 Å².